The van der Waals surface area contributed by atoms with Crippen LogP contribution in [0.3, 0.4) is 0 Å². The van der Waals surface area contributed by atoms with E-state index in [1.807, 2.05) is 0 Å². The van der Waals surface area contributed by atoms with Gasteiger partial charge in [0, 0.05) is 5.92 Å². The second kappa shape index (κ2) is 6.94. The van der Waals surface area contributed by atoms with Crippen LogP contribution in [-0.4, -0.2) is 0 Å². The number of benzene rings is 2. The zero-order valence-electron chi connectivity index (χ0n) is 11.6. The highest BCUT2D eigenvalue weighted by Crippen LogP contribution is 2.35. The van der Waals surface area contributed by atoms with E-state index in [0.29, 0.717) is 11.8 Å². The molecule has 0 spiro atoms. The van der Waals surface area contributed by atoms with Gasteiger partial charge in [0.15, 0.2) is 0 Å². The third-order valence-electron chi connectivity index (χ3n) is 3.67. The van der Waals surface area contributed by atoms with Gasteiger partial charge in [-0.1, -0.05) is 80.1 Å². The SMILES string of the molecule is C=CC(CCC)C(c1ccccc1)c1ccccc1. The molecule has 0 radical (unpaired) electrons. The number of hydrogen-bond donors (Lipinski definition) is 0. The van der Waals surface area contributed by atoms with Crippen molar-refractivity contribution in [3.63, 3.8) is 0 Å². The fourth-order valence-corrected chi connectivity index (χ4v) is 2.76. The third kappa shape index (κ3) is 3.35. The minimum Gasteiger partial charge on any atom is -0.103 e. The quantitative estimate of drug-likeness (QED) is 0.600. The Kier molecular flexibility index (Phi) is 4.97. The van der Waals surface area contributed by atoms with Crippen LogP contribution in [0.5, 0.6) is 0 Å². The van der Waals surface area contributed by atoms with Crippen LogP contribution in [0.25, 0.3) is 0 Å². The molecule has 0 fully saturated rings. The highest BCUT2D eigenvalue weighted by molar-refractivity contribution is 5.34. The molecule has 1 unspecified atom stereocenters. The van der Waals surface area contributed by atoms with Crippen LogP contribution in [0.2, 0.25) is 0 Å². The first kappa shape index (κ1) is 13.6. The molecule has 0 nitrogen and oxygen atoms in total. The largest absolute Gasteiger partial charge is 0.103 e. The molecule has 2 aromatic carbocycles. The lowest BCUT2D eigenvalue weighted by atomic mass is 9.79. The maximum Gasteiger partial charge on any atom is 0.0152 e. The molecule has 1 atom stereocenters. The molecular formula is C19H22. The Morgan fingerprint density at radius 1 is 0.895 bits per heavy atom. The minimum atomic E-state index is 0.417. The van der Waals surface area contributed by atoms with Crippen LogP contribution in [0.1, 0.15) is 36.8 Å². The van der Waals surface area contributed by atoms with E-state index >= 15 is 0 Å². The first-order valence-electron chi connectivity index (χ1n) is 7.09. The summed E-state index contributed by atoms with van der Waals surface area (Å²) in [5.41, 5.74) is 2.76. The van der Waals surface area contributed by atoms with Gasteiger partial charge in [-0.15, -0.1) is 6.58 Å². The molecule has 0 heterocycles. The molecule has 0 amide bonds. The normalized spacial score (nSPS) is 12.3. The van der Waals surface area contributed by atoms with Crippen molar-refractivity contribution in [3.8, 4) is 0 Å². The summed E-state index contributed by atoms with van der Waals surface area (Å²) in [5.74, 6) is 0.912. The molecule has 2 aromatic rings. The van der Waals surface area contributed by atoms with Gasteiger partial charge in [-0.3, -0.25) is 0 Å². The molecule has 0 aliphatic heterocycles. The smallest absolute Gasteiger partial charge is 0.0152 e. The highest BCUT2D eigenvalue weighted by Gasteiger charge is 2.21. The number of allylic oxidation sites excluding steroid dienone is 1. The molecule has 0 aliphatic rings. The molecule has 0 N–H and O–H groups in total. The monoisotopic (exact) mass is 250 g/mol. The van der Waals surface area contributed by atoms with Crippen LogP contribution in [0.4, 0.5) is 0 Å². The fourth-order valence-electron chi connectivity index (χ4n) is 2.76. The molecule has 0 bridgehead atoms. The van der Waals surface area contributed by atoms with Gasteiger partial charge in [-0.25, -0.2) is 0 Å². The standard InChI is InChI=1S/C19H22/c1-3-11-16(4-2)19(17-12-7-5-8-13-17)18-14-9-6-10-15-18/h4-10,12-16,19H,2-3,11H2,1H3. The van der Waals surface area contributed by atoms with Gasteiger partial charge in [-0.2, -0.15) is 0 Å². The van der Waals surface area contributed by atoms with Gasteiger partial charge in [0.1, 0.15) is 0 Å². The van der Waals surface area contributed by atoms with Crippen LogP contribution >= 0.6 is 0 Å². The maximum atomic E-state index is 4.05. The maximum absolute atomic E-state index is 4.05. The summed E-state index contributed by atoms with van der Waals surface area (Å²) < 4.78 is 0. The molecule has 0 saturated heterocycles. The van der Waals surface area contributed by atoms with E-state index in [4.69, 9.17) is 0 Å². The van der Waals surface area contributed by atoms with Crippen molar-refractivity contribution >= 4 is 0 Å². The second-order valence-corrected chi connectivity index (χ2v) is 4.99. The average Bonchev–Trinajstić information content (AvgIpc) is 2.49. The topological polar surface area (TPSA) is 0 Å². The third-order valence-corrected chi connectivity index (χ3v) is 3.67. The summed E-state index contributed by atoms with van der Waals surface area (Å²) in [6.45, 7) is 6.29. The molecule has 0 heteroatoms. The molecular weight excluding hydrogens is 228 g/mol. The minimum absolute atomic E-state index is 0.417. The zero-order chi connectivity index (χ0) is 13.5. The summed E-state index contributed by atoms with van der Waals surface area (Å²) in [4.78, 5) is 0. The zero-order valence-corrected chi connectivity index (χ0v) is 11.6. The summed E-state index contributed by atoms with van der Waals surface area (Å²) in [6.07, 6.45) is 4.49. The fraction of sp³-hybridized carbons (Fsp3) is 0.263. The summed E-state index contributed by atoms with van der Waals surface area (Å²) in [5, 5.41) is 0. The van der Waals surface area contributed by atoms with E-state index < -0.39 is 0 Å². The first-order chi connectivity index (χ1) is 9.36. The molecule has 98 valence electrons. The van der Waals surface area contributed by atoms with E-state index in [2.05, 4.69) is 80.2 Å². The van der Waals surface area contributed by atoms with E-state index in [1.54, 1.807) is 0 Å². The molecule has 2 rings (SSSR count). The second-order valence-electron chi connectivity index (χ2n) is 4.99. The molecule has 19 heavy (non-hydrogen) atoms. The van der Waals surface area contributed by atoms with Crippen molar-refractivity contribution in [3.05, 3.63) is 84.4 Å². The molecule has 0 saturated carbocycles. The summed E-state index contributed by atoms with van der Waals surface area (Å²) in [6, 6.07) is 21.5. The predicted molar refractivity (Wildman–Crippen MR) is 83.3 cm³/mol. The van der Waals surface area contributed by atoms with E-state index in [1.165, 1.54) is 24.0 Å². The van der Waals surface area contributed by atoms with Crippen LogP contribution in [-0.2, 0) is 0 Å². The van der Waals surface area contributed by atoms with Crippen molar-refractivity contribution < 1.29 is 0 Å². The Morgan fingerprint density at radius 3 is 1.74 bits per heavy atom. The van der Waals surface area contributed by atoms with Gasteiger partial charge in [0.05, 0.1) is 0 Å². The van der Waals surface area contributed by atoms with Crippen molar-refractivity contribution in [2.75, 3.05) is 0 Å². The van der Waals surface area contributed by atoms with Gasteiger partial charge >= 0.3 is 0 Å². The van der Waals surface area contributed by atoms with Gasteiger partial charge in [0.2, 0.25) is 0 Å². The van der Waals surface area contributed by atoms with Crippen LogP contribution < -0.4 is 0 Å². The van der Waals surface area contributed by atoms with E-state index in [9.17, 15) is 0 Å². The van der Waals surface area contributed by atoms with Crippen molar-refractivity contribution in [1.29, 1.82) is 0 Å². The van der Waals surface area contributed by atoms with Crippen LogP contribution in [0, 0.1) is 5.92 Å². The molecule has 0 aliphatic carbocycles. The van der Waals surface area contributed by atoms with E-state index in [0.717, 1.165) is 0 Å². The Balaban J connectivity index is 2.41. The van der Waals surface area contributed by atoms with E-state index in [-0.39, 0.29) is 0 Å². The Morgan fingerprint density at radius 2 is 1.37 bits per heavy atom. The lowest BCUT2D eigenvalue weighted by Crippen LogP contribution is -2.12. The lowest BCUT2D eigenvalue weighted by Gasteiger charge is -2.25. The first-order valence-corrected chi connectivity index (χ1v) is 7.09. The van der Waals surface area contributed by atoms with Gasteiger partial charge in [0.25, 0.3) is 0 Å². The van der Waals surface area contributed by atoms with Gasteiger partial charge < -0.3 is 0 Å². The van der Waals surface area contributed by atoms with Crippen LogP contribution in [0.15, 0.2) is 73.3 Å². The molecule has 0 aromatic heterocycles. The average molecular weight is 250 g/mol. The predicted octanol–water partition coefficient (Wildman–Crippen LogP) is 5.42. The Bertz CT molecular complexity index is 444. The van der Waals surface area contributed by atoms with Gasteiger partial charge in [-0.05, 0) is 23.5 Å². The number of rotatable bonds is 6. The van der Waals surface area contributed by atoms with Crippen molar-refractivity contribution in [2.24, 2.45) is 5.92 Å². The summed E-state index contributed by atoms with van der Waals surface area (Å²) in [7, 11) is 0. The Labute approximate surface area is 116 Å². The lowest BCUT2D eigenvalue weighted by molar-refractivity contribution is 0.519. The Hall–Kier alpha value is -1.82. The number of hydrogen-bond acceptors (Lipinski definition) is 0. The summed E-state index contributed by atoms with van der Waals surface area (Å²) >= 11 is 0. The van der Waals surface area contributed by atoms with Crippen molar-refractivity contribution in [2.45, 2.75) is 25.7 Å². The van der Waals surface area contributed by atoms with Crippen molar-refractivity contribution in [1.82, 2.24) is 0 Å². The highest BCUT2D eigenvalue weighted by atomic mass is 14.2.